The number of aryl methyl sites for hydroxylation is 1. The van der Waals surface area contributed by atoms with E-state index in [0.717, 1.165) is 56.0 Å². The van der Waals surface area contributed by atoms with Crippen LogP contribution in [0.25, 0.3) is 11.4 Å². The summed E-state index contributed by atoms with van der Waals surface area (Å²) in [6.45, 7) is 10.6. The molecule has 0 saturated carbocycles. The number of piperidine rings is 1. The maximum Gasteiger partial charge on any atom is 0.227 e. The van der Waals surface area contributed by atoms with Gasteiger partial charge >= 0.3 is 0 Å². The highest BCUT2D eigenvalue weighted by atomic mass is 16.2. The molecule has 6 nitrogen and oxygen atoms in total. The first-order chi connectivity index (χ1) is 12.4. The van der Waals surface area contributed by atoms with Crippen LogP contribution in [-0.4, -0.2) is 43.6 Å². The maximum absolute atomic E-state index is 12.4. The molecule has 3 heterocycles. The second-order valence-corrected chi connectivity index (χ2v) is 8.12. The molecule has 1 amide bonds. The molecule has 3 rings (SSSR count). The molecule has 0 unspecified atom stereocenters. The van der Waals surface area contributed by atoms with Gasteiger partial charge in [0.1, 0.15) is 6.33 Å². The first-order valence-electron chi connectivity index (χ1n) is 9.51. The summed E-state index contributed by atoms with van der Waals surface area (Å²) in [6.07, 6.45) is 6.47. The van der Waals surface area contributed by atoms with Gasteiger partial charge in [0.2, 0.25) is 5.91 Å². The Morgan fingerprint density at radius 3 is 2.62 bits per heavy atom. The monoisotopic (exact) mass is 355 g/mol. The first kappa shape index (κ1) is 18.5. The number of rotatable bonds is 4. The van der Waals surface area contributed by atoms with E-state index in [1.165, 1.54) is 0 Å². The summed E-state index contributed by atoms with van der Waals surface area (Å²) in [4.78, 5) is 23.3. The summed E-state index contributed by atoms with van der Waals surface area (Å²) in [5.74, 6) is 0.825. The SMILES string of the molecule is CCn1nccc1-c1cc(CC2CCN(C(=O)C(C)(C)C)CC2)ncn1. The molecule has 26 heavy (non-hydrogen) atoms. The number of hydrogen-bond donors (Lipinski definition) is 0. The van der Waals surface area contributed by atoms with Crippen LogP contribution in [-0.2, 0) is 17.8 Å². The Bertz CT molecular complexity index is 754. The number of nitrogens with zero attached hydrogens (tertiary/aromatic N) is 5. The van der Waals surface area contributed by atoms with Crippen molar-refractivity contribution in [2.45, 2.75) is 53.5 Å². The van der Waals surface area contributed by atoms with Crippen molar-refractivity contribution in [3.05, 3.63) is 30.4 Å². The Kier molecular flexibility index (Phi) is 5.39. The van der Waals surface area contributed by atoms with Gasteiger partial charge in [0, 0.05) is 36.9 Å². The fourth-order valence-corrected chi connectivity index (χ4v) is 3.56. The van der Waals surface area contributed by atoms with Gasteiger partial charge in [-0.05, 0) is 44.2 Å². The molecule has 0 bridgehead atoms. The molecule has 0 aliphatic carbocycles. The van der Waals surface area contributed by atoms with Crippen LogP contribution in [0.2, 0.25) is 0 Å². The Hall–Kier alpha value is -2.24. The van der Waals surface area contributed by atoms with Crippen LogP contribution in [0.15, 0.2) is 24.7 Å². The third-order valence-corrected chi connectivity index (χ3v) is 5.04. The summed E-state index contributed by atoms with van der Waals surface area (Å²) in [6, 6.07) is 4.07. The molecule has 1 saturated heterocycles. The molecule has 0 N–H and O–H groups in total. The van der Waals surface area contributed by atoms with E-state index >= 15 is 0 Å². The lowest BCUT2D eigenvalue weighted by molar-refractivity contribution is -0.140. The van der Waals surface area contributed by atoms with Crippen LogP contribution in [0.3, 0.4) is 0 Å². The van der Waals surface area contributed by atoms with Gasteiger partial charge < -0.3 is 4.90 Å². The van der Waals surface area contributed by atoms with Gasteiger partial charge in [-0.1, -0.05) is 20.8 Å². The lowest BCUT2D eigenvalue weighted by Gasteiger charge is -2.35. The maximum atomic E-state index is 12.4. The highest BCUT2D eigenvalue weighted by Crippen LogP contribution is 2.26. The molecule has 2 aromatic heterocycles. The standard InChI is InChI=1S/C20H29N5O/c1-5-25-18(6-9-23-25)17-13-16(21-14-22-17)12-15-7-10-24(11-8-15)19(26)20(2,3)4/h6,9,13-15H,5,7-8,10-12H2,1-4H3. The van der Waals surface area contributed by atoms with E-state index in [9.17, 15) is 4.79 Å². The van der Waals surface area contributed by atoms with E-state index in [0.29, 0.717) is 5.92 Å². The van der Waals surface area contributed by atoms with E-state index in [1.807, 2.05) is 42.6 Å². The average Bonchev–Trinajstić information content (AvgIpc) is 3.10. The zero-order valence-electron chi connectivity index (χ0n) is 16.3. The van der Waals surface area contributed by atoms with Crippen LogP contribution in [0.4, 0.5) is 0 Å². The van der Waals surface area contributed by atoms with Gasteiger partial charge in [-0.2, -0.15) is 5.10 Å². The van der Waals surface area contributed by atoms with Crippen molar-refractivity contribution >= 4 is 5.91 Å². The largest absolute Gasteiger partial charge is 0.342 e. The fourth-order valence-electron chi connectivity index (χ4n) is 3.56. The molecule has 0 aromatic carbocycles. The molecule has 1 aliphatic heterocycles. The molecule has 0 radical (unpaired) electrons. The lowest BCUT2D eigenvalue weighted by Crippen LogP contribution is -2.44. The van der Waals surface area contributed by atoms with Crippen molar-refractivity contribution < 1.29 is 4.79 Å². The quantitative estimate of drug-likeness (QED) is 0.845. The number of carbonyl (C=O) groups is 1. The minimum absolute atomic E-state index is 0.257. The van der Waals surface area contributed by atoms with E-state index in [2.05, 4.69) is 28.1 Å². The van der Waals surface area contributed by atoms with Gasteiger partial charge in [-0.15, -0.1) is 0 Å². The first-order valence-corrected chi connectivity index (χ1v) is 9.51. The van der Waals surface area contributed by atoms with Crippen LogP contribution in [0.5, 0.6) is 0 Å². The molecular formula is C20H29N5O. The Balaban J connectivity index is 1.63. The van der Waals surface area contributed by atoms with E-state index in [-0.39, 0.29) is 11.3 Å². The van der Waals surface area contributed by atoms with Gasteiger partial charge in [0.25, 0.3) is 0 Å². The van der Waals surface area contributed by atoms with Gasteiger partial charge in [0.15, 0.2) is 0 Å². The molecule has 0 spiro atoms. The summed E-state index contributed by atoms with van der Waals surface area (Å²) >= 11 is 0. The van der Waals surface area contributed by atoms with Gasteiger partial charge in [-0.3, -0.25) is 9.48 Å². The normalized spacial score (nSPS) is 16.1. The van der Waals surface area contributed by atoms with Gasteiger partial charge in [-0.25, -0.2) is 9.97 Å². The smallest absolute Gasteiger partial charge is 0.227 e. The van der Waals surface area contributed by atoms with Crippen molar-refractivity contribution in [2.24, 2.45) is 11.3 Å². The van der Waals surface area contributed by atoms with Gasteiger partial charge in [0.05, 0.1) is 11.4 Å². The Labute approximate surface area is 155 Å². The zero-order chi connectivity index (χ0) is 18.7. The molecule has 1 aliphatic rings. The Morgan fingerprint density at radius 2 is 1.96 bits per heavy atom. The summed E-state index contributed by atoms with van der Waals surface area (Å²) in [5, 5.41) is 4.32. The second-order valence-electron chi connectivity index (χ2n) is 8.12. The third kappa shape index (κ3) is 4.11. The van der Waals surface area contributed by atoms with Crippen molar-refractivity contribution in [2.75, 3.05) is 13.1 Å². The predicted octanol–water partition coefficient (Wildman–Crippen LogP) is 3.19. The zero-order valence-corrected chi connectivity index (χ0v) is 16.3. The van der Waals surface area contributed by atoms with Crippen LogP contribution >= 0.6 is 0 Å². The van der Waals surface area contributed by atoms with Crippen molar-refractivity contribution in [3.63, 3.8) is 0 Å². The van der Waals surface area contributed by atoms with Crippen molar-refractivity contribution in [1.82, 2.24) is 24.6 Å². The number of aromatic nitrogens is 4. The van der Waals surface area contributed by atoms with Crippen LogP contribution in [0.1, 0.15) is 46.2 Å². The van der Waals surface area contributed by atoms with Crippen molar-refractivity contribution in [1.29, 1.82) is 0 Å². The topological polar surface area (TPSA) is 63.9 Å². The highest BCUT2D eigenvalue weighted by Gasteiger charge is 2.30. The van der Waals surface area contributed by atoms with Crippen molar-refractivity contribution in [3.8, 4) is 11.4 Å². The molecule has 6 heteroatoms. The molecule has 1 fully saturated rings. The predicted molar refractivity (Wildman–Crippen MR) is 101 cm³/mol. The van der Waals surface area contributed by atoms with Crippen LogP contribution in [0, 0.1) is 11.3 Å². The highest BCUT2D eigenvalue weighted by molar-refractivity contribution is 5.81. The summed E-state index contributed by atoms with van der Waals surface area (Å²) in [7, 11) is 0. The molecular weight excluding hydrogens is 326 g/mol. The Morgan fingerprint density at radius 1 is 1.23 bits per heavy atom. The number of carbonyl (C=O) groups excluding carboxylic acids is 1. The third-order valence-electron chi connectivity index (χ3n) is 5.04. The number of amides is 1. The summed E-state index contributed by atoms with van der Waals surface area (Å²) in [5.41, 5.74) is 2.73. The summed E-state index contributed by atoms with van der Waals surface area (Å²) < 4.78 is 1.95. The van der Waals surface area contributed by atoms with E-state index in [1.54, 1.807) is 6.33 Å². The molecule has 0 atom stereocenters. The van der Waals surface area contributed by atoms with E-state index in [4.69, 9.17) is 0 Å². The second kappa shape index (κ2) is 7.56. The molecule has 140 valence electrons. The van der Waals surface area contributed by atoms with E-state index < -0.39 is 0 Å². The minimum Gasteiger partial charge on any atom is -0.342 e. The fraction of sp³-hybridized carbons (Fsp3) is 0.600. The minimum atomic E-state index is -0.295. The number of likely N-dealkylation sites (tertiary alicyclic amines) is 1. The average molecular weight is 355 g/mol. The van der Waals surface area contributed by atoms with Crippen LogP contribution < -0.4 is 0 Å². The number of hydrogen-bond acceptors (Lipinski definition) is 4. The lowest BCUT2D eigenvalue weighted by atomic mass is 9.89. The molecule has 2 aromatic rings.